The predicted octanol–water partition coefficient (Wildman–Crippen LogP) is 4.01. The molecule has 0 radical (unpaired) electrons. The Labute approximate surface area is 94.2 Å². The molecule has 0 aliphatic rings. The molecule has 0 amide bonds. The molecule has 0 aliphatic heterocycles. The Bertz CT molecular complexity index is 211. The third-order valence-electron chi connectivity index (χ3n) is 2.21. The maximum Gasteiger partial charge on any atom is 0.0614 e. The van der Waals surface area contributed by atoms with Crippen molar-refractivity contribution in [1.82, 2.24) is 0 Å². The molecule has 0 saturated heterocycles. The first-order valence-electron chi connectivity index (χ1n) is 5.87. The van der Waals surface area contributed by atoms with Gasteiger partial charge < -0.3 is 5.11 Å². The molecule has 15 heavy (non-hydrogen) atoms. The van der Waals surface area contributed by atoms with Gasteiger partial charge in [0.05, 0.1) is 6.61 Å². The van der Waals surface area contributed by atoms with Crippen LogP contribution in [0.15, 0.2) is 36.0 Å². The summed E-state index contributed by atoms with van der Waals surface area (Å²) in [4.78, 5) is 0. The van der Waals surface area contributed by atoms with Crippen molar-refractivity contribution in [2.75, 3.05) is 6.61 Å². The highest BCUT2D eigenvalue weighted by Crippen LogP contribution is 2.04. The smallest absolute Gasteiger partial charge is 0.0614 e. The van der Waals surface area contributed by atoms with Gasteiger partial charge in [-0.3, -0.25) is 0 Å². The van der Waals surface area contributed by atoms with Crippen LogP contribution in [0.25, 0.3) is 0 Å². The SMILES string of the molecule is CCC=CCCC=CCC/C(C)=C\CO. The van der Waals surface area contributed by atoms with Crippen molar-refractivity contribution in [2.45, 2.75) is 46.0 Å². The third kappa shape index (κ3) is 11.1. The van der Waals surface area contributed by atoms with E-state index in [0.717, 1.165) is 32.1 Å². The van der Waals surface area contributed by atoms with Crippen molar-refractivity contribution in [3.63, 3.8) is 0 Å². The largest absolute Gasteiger partial charge is 0.392 e. The molecular weight excluding hydrogens is 184 g/mol. The Morgan fingerprint density at radius 3 is 2.20 bits per heavy atom. The van der Waals surface area contributed by atoms with Crippen LogP contribution in [0.1, 0.15) is 46.0 Å². The van der Waals surface area contributed by atoms with Crippen LogP contribution in [0.5, 0.6) is 0 Å². The standard InChI is InChI=1S/C14H24O/c1-3-4-5-6-7-8-9-10-11-14(2)12-13-15/h4-5,8-9,12,15H,3,6-7,10-11,13H2,1-2H3/b5-4?,9-8?,14-12-. The molecule has 1 heteroatoms. The normalized spacial score (nSPS) is 13.1. The minimum absolute atomic E-state index is 0.164. The van der Waals surface area contributed by atoms with Gasteiger partial charge in [-0.05, 0) is 39.0 Å². The molecule has 0 saturated carbocycles. The molecule has 0 unspecified atom stereocenters. The first-order valence-corrected chi connectivity index (χ1v) is 5.87. The van der Waals surface area contributed by atoms with E-state index < -0.39 is 0 Å². The van der Waals surface area contributed by atoms with Crippen LogP contribution < -0.4 is 0 Å². The number of aliphatic hydroxyl groups is 1. The number of unbranched alkanes of at least 4 members (excludes halogenated alkanes) is 1. The summed E-state index contributed by atoms with van der Waals surface area (Å²) in [6, 6.07) is 0. The lowest BCUT2D eigenvalue weighted by molar-refractivity contribution is 0.341. The van der Waals surface area contributed by atoms with E-state index in [-0.39, 0.29) is 6.61 Å². The second-order valence-corrected chi connectivity index (χ2v) is 3.70. The first-order chi connectivity index (χ1) is 7.31. The topological polar surface area (TPSA) is 20.2 Å². The summed E-state index contributed by atoms with van der Waals surface area (Å²) in [7, 11) is 0. The van der Waals surface area contributed by atoms with Crippen LogP contribution in [0, 0.1) is 0 Å². The van der Waals surface area contributed by atoms with Crippen LogP contribution >= 0.6 is 0 Å². The Balaban J connectivity index is 3.39. The summed E-state index contributed by atoms with van der Waals surface area (Å²) in [5.74, 6) is 0. The van der Waals surface area contributed by atoms with Crippen LogP contribution in [0.3, 0.4) is 0 Å². The summed E-state index contributed by atoms with van der Waals surface area (Å²) in [6.07, 6.45) is 16.4. The number of hydrogen-bond acceptors (Lipinski definition) is 1. The Hall–Kier alpha value is -0.820. The highest BCUT2D eigenvalue weighted by Gasteiger charge is 1.86. The fourth-order valence-electron chi connectivity index (χ4n) is 1.28. The van der Waals surface area contributed by atoms with Gasteiger partial charge >= 0.3 is 0 Å². The molecule has 0 rings (SSSR count). The van der Waals surface area contributed by atoms with E-state index in [4.69, 9.17) is 5.11 Å². The Morgan fingerprint density at radius 1 is 1.00 bits per heavy atom. The zero-order chi connectivity index (χ0) is 11.4. The van der Waals surface area contributed by atoms with Gasteiger partial charge in [-0.25, -0.2) is 0 Å². The summed E-state index contributed by atoms with van der Waals surface area (Å²) >= 11 is 0. The quantitative estimate of drug-likeness (QED) is 0.472. The van der Waals surface area contributed by atoms with Crippen molar-refractivity contribution in [1.29, 1.82) is 0 Å². The number of hydrogen-bond donors (Lipinski definition) is 1. The average Bonchev–Trinajstić information content (AvgIpc) is 2.22. The zero-order valence-electron chi connectivity index (χ0n) is 10.1. The Morgan fingerprint density at radius 2 is 1.60 bits per heavy atom. The summed E-state index contributed by atoms with van der Waals surface area (Å²) in [5, 5.41) is 8.66. The fraction of sp³-hybridized carbons (Fsp3) is 0.571. The van der Waals surface area contributed by atoms with Gasteiger partial charge in [0.15, 0.2) is 0 Å². The van der Waals surface area contributed by atoms with Crippen molar-refractivity contribution >= 4 is 0 Å². The summed E-state index contributed by atoms with van der Waals surface area (Å²) in [5.41, 5.74) is 1.27. The monoisotopic (exact) mass is 208 g/mol. The van der Waals surface area contributed by atoms with Gasteiger partial charge in [-0.15, -0.1) is 0 Å². The molecule has 0 atom stereocenters. The van der Waals surface area contributed by atoms with Crippen LogP contribution in [-0.4, -0.2) is 11.7 Å². The molecule has 0 aromatic rings. The van der Waals surface area contributed by atoms with Crippen molar-refractivity contribution in [2.24, 2.45) is 0 Å². The van der Waals surface area contributed by atoms with Gasteiger partial charge in [0.2, 0.25) is 0 Å². The van der Waals surface area contributed by atoms with Crippen molar-refractivity contribution in [3.05, 3.63) is 36.0 Å². The summed E-state index contributed by atoms with van der Waals surface area (Å²) in [6.45, 7) is 4.38. The summed E-state index contributed by atoms with van der Waals surface area (Å²) < 4.78 is 0. The van der Waals surface area contributed by atoms with Gasteiger partial charge in [0, 0.05) is 0 Å². The molecule has 1 N–H and O–H groups in total. The first kappa shape index (κ1) is 14.2. The molecule has 1 nitrogen and oxygen atoms in total. The van der Waals surface area contributed by atoms with E-state index in [1.807, 2.05) is 6.08 Å². The molecule has 0 aromatic heterocycles. The molecule has 86 valence electrons. The van der Waals surface area contributed by atoms with E-state index in [1.54, 1.807) is 0 Å². The number of rotatable bonds is 8. The molecule has 0 aliphatic carbocycles. The van der Waals surface area contributed by atoms with Gasteiger partial charge in [0.25, 0.3) is 0 Å². The van der Waals surface area contributed by atoms with Crippen LogP contribution in [0.2, 0.25) is 0 Å². The number of allylic oxidation sites excluding steroid dienone is 5. The van der Waals surface area contributed by atoms with E-state index >= 15 is 0 Å². The minimum atomic E-state index is 0.164. The Kier molecular flexibility index (Phi) is 10.6. The maximum absolute atomic E-state index is 8.66. The maximum atomic E-state index is 8.66. The van der Waals surface area contributed by atoms with Crippen molar-refractivity contribution in [3.8, 4) is 0 Å². The lowest BCUT2D eigenvalue weighted by Gasteiger charge is -1.95. The highest BCUT2D eigenvalue weighted by molar-refractivity contribution is 5.00. The lowest BCUT2D eigenvalue weighted by atomic mass is 10.1. The van der Waals surface area contributed by atoms with Gasteiger partial charge in [0.1, 0.15) is 0 Å². The van der Waals surface area contributed by atoms with E-state index in [2.05, 4.69) is 38.2 Å². The molecule has 0 heterocycles. The molecular formula is C14H24O. The highest BCUT2D eigenvalue weighted by atomic mass is 16.2. The fourth-order valence-corrected chi connectivity index (χ4v) is 1.28. The third-order valence-corrected chi connectivity index (χ3v) is 2.21. The average molecular weight is 208 g/mol. The van der Waals surface area contributed by atoms with Gasteiger partial charge in [-0.2, -0.15) is 0 Å². The van der Waals surface area contributed by atoms with Crippen LogP contribution in [-0.2, 0) is 0 Å². The van der Waals surface area contributed by atoms with E-state index in [1.165, 1.54) is 5.57 Å². The second-order valence-electron chi connectivity index (χ2n) is 3.70. The van der Waals surface area contributed by atoms with Crippen molar-refractivity contribution < 1.29 is 5.11 Å². The molecule has 0 fully saturated rings. The van der Waals surface area contributed by atoms with Crippen LogP contribution in [0.4, 0.5) is 0 Å². The van der Waals surface area contributed by atoms with Gasteiger partial charge in [-0.1, -0.05) is 42.9 Å². The van der Waals surface area contributed by atoms with E-state index in [9.17, 15) is 0 Å². The molecule has 0 spiro atoms. The second kappa shape index (κ2) is 11.3. The molecule has 0 bridgehead atoms. The predicted molar refractivity (Wildman–Crippen MR) is 67.9 cm³/mol. The van der Waals surface area contributed by atoms with E-state index in [0.29, 0.717) is 0 Å². The molecule has 0 aromatic carbocycles. The minimum Gasteiger partial charge on any atom is -0.392 e. The zero-order valence-corrected chi connectivity index (χ0v) is 10.1. The lowest BCUT2D eigenvalue weighted by Crippen LogP contribution is -1.80. The number of aliphatic hydroxyl groups excluding tert-OH is 1.